The second-order valence-electron chi connectivity index (χ2n) is 6.81. The third-order valence-electron chi connectivity index (χ3n) is 4.96. The number of hydrogen-bond acceptors (Lipinski definition) is 5. The molecule has 0 aliphatic rings. The highest BCUT2D eigenvalue weighted by Crippen LogP contribution is 2.30. The molecular weight excluding hydrogens is 414 g/mol. The fraction of sp³-hybridized carbons (Fsp3) is 0.0417. The number of methoxy groups -OCH3 is 1. The average molecular weight is 430 g/mol. The summed E-state index contributed by atoms with van der Waals surface area (Å²) < 4.78 is 12.2. The first-order chi connectivity index (χ1) is 15.2. The number of nitrogens with zero attached hydrogens (tertiary/aromatic N) is 3. The molecule has 0 saturated carbocycles. The van der Waals surface area contributed by atoms with Crippen LogP contribution >= 0.6 is 11.6 Å². The second kappa shape index (κ2) is 7.74. The van der Waals surface area contributed by atoms with E-state index in [1.807, 2.05) is 48.5 Å². The van der Waals surface area contributed by atoms with Crippen LogP contribution in [-0.4, -0.2) is 21.9 Å². The summed E-state index contributed by atoms with van der Waals surface area (Å²) in [7, 11) is 1.58. The van der Waals surface area contributed by atoms with Crippen molar-refractivity contribution in [3.05, 3.63) is 94.4 Å². The number of fused-ring (bicyclic) bond motifs is 3. The van der Waals surface area contributed by atoms with Crippen molar-refractivity contribution in [2.24, 2.45) is 0 Å². The Hall–Kier alpha value is -3.90. The van der Waals surface area contributed by atoms with Crippen LogP contribution in [0.25, 0.3) is 27.5 Å². The fourth-order valence-corrected chi connectivity index (χ4v) is 3.63. The molecule has 0 spiro atoms. The molecule has 2 aromatic heterocycles. The summed E-state index contributed by atoms with van der Waals surface area (Å²) >= 11 is 6.26. The minimum Gasteiger partial charge on any atom is -0.497 e. The summed E-state index contributed by atoms with van der Waals surface area (Å²) in [5.74, 6) is 1.52. The van der Waals surface area contributed by atoms with E-state index in [2.05, 4.69) is 5.10 Å². The molecule has 7 heteroatoms. The van der Waals surface area contributed by atoms with Gasteiger partial charge in [0.15, 0.2) is 5.82 Å². The molecule has 0 bridgehead atoms. The first-order valence-electron chi connectivity index (χ1n) is 9.53. The van der Waals surface area contributed by atoms with Crippen molar-refractivity contribution in [3.63, 3.8) is 0 Å². The largest absolute Gasteiger partial charge is 0.497 e. The van der Waals surface area contributed by atoms with E-state index < -0.39 is 5.56 Å². The van der Waals surface area contributed by atoms with Crippen LogP contribution in [-0.2, 0) is 0 Å². The maximum Gasteiger partial charge on any atom is 0.317 e. The average Bonchev–Trinajstić information content (AvgIpc) is 2.82. The lowest BCUT2D eigenvalue weighted by Crippen LogP contribution is -2.23. The van der Waals surface area contributed by atoms with Crippen molar-refractivity contribution >= 4 is 33.3 Å². The van der Waals surface area contributed by atoms with Crippen molar-refractivity contribution in [2.45, 2.75) is 0 Å². The molecule has 152 valence electrons. The van der Waals surface area contributed by atoms with Gasteiger partial charge < -0.3 is 9.47 Å². The molecule has 0 unspecified atom stereocenters. The zero-order valence-electron chi connectivity index (χ0n) is 16.4. The van der Waals surface area contributed by atoms with Gasteiger partial charge in [-0.1, -0.05) is 54.1 Å². The van der Waals surface area contributed by atoms with Crippen LogP contribution in [0.3, 0.4) is 0 Å². The molecule has 2 heterocycles. The Labute approximate surface area is 182 Å². The SMILES string of the molecule is COc1ccc(Oc2c(Cl)cnn(-c3nc4ccccc4c4ccccc34)c2=O)cc1. The third-order valence-corrected chi connectivity index (χ3v) is 5.23. The van der Waals surface area contributed by atoms with Crippen LogP contribution in [0.2, 0.25) is 5.02 Å². The van der Waals surface area contributed by atoms with Gasteiger partial charge in [-0.2, -0.15) is 9.78 Å². The standard InChI is InChI=1S/C24H16ClN3O3/c1-30-15-10-12-16(13-11-15)31-22-20(25)14-26-28(24(22)29)23-19-8-3-2-6-17(19)18-7-4-5-9-21(18)27-23/h2-14H,1H3. The second-order valence-corrected chi connectivity index (χ2v) is 7.22. The van der Waals surface area contributed by atoms with Crippen molar-refractivity contribution in [3.8, 4) is 23.1 Å². The molecule has 0 aliphatic carbocycles. The van der Waals surface area contributed by atoms with E-state index in [0.717, 1.165) is 21.7 Å². The Morgan fingerprint density at radius 2 is 1.48 bits per heavy atom. The van der Waals surface area contributed by atoms with Crippen LogP contribution in [0.5, 0.6) is 17.2 Å². The molecule has 0 atom stereocenters. The fourth-order valence-electron chi connectivity index (χ4n) is 3.47. The van der Waals surface area contributed by atoms with Gasteiger partial charge in [-0.3, -0.25) is 4.79 Å². The molecular formula is C24H16ClN3O3. The van der Waals surface area contributed by atoms with Gasteiger partial charge >= 0.3 is 5.56 Å². The molecule has 31 heavy (non-hydrogen) atoms. The Morgan fingerprint density at radius 3 is 2.23 bits per heavy atom. The topological polar surface area (TPSA) is 66.2 Å². The molecule has 0 radical (unpaired) electrons. The molecule has 0 N–H and O–H groups in total. The predicted molar refractivity (Wildman–Crippen MR) is 121 cm³/mol. The van der Waals surface area contributed by atoms with Crippen molar-refractivity contribution in [1.29, 1.82) is 0 Å². The van der Waals surface area contributed by atoms with Gasteiger partial charge in [0, 0.05) is 10.8 Å². The summed E-state index contributed by atoms with van der Waals surface area (Å²) in [5, 5.41) is 7.13. The number of aromatic nitrogens is 3. The Bertz CT molecular complexity index is 1480. The summed E-state index contributed by atoms with van der Waals surface area (Å²) in [4.78, 5) is 18.0. The number of hydrogen-bond donors (Lipinski definition) is 0. The lowest BCUT2D eigenvalue weighted by molar-refractivity contribution is 0.412. The van der Waals surface area contributed by atoms with E-state index in [1.54, 1.807) is 31.4 Å². The molecule has 3 aromatic carbocycles. The molecule has 0 aliphatic heterocycles. The van der Waals surface area contributed by atoms with Crippen molar-refractivity contribution in [2.75, 3.05) is 7.11 Å². The first-order valence-corrected chi connectivity index (χ1v) is 9.91. The first kappa shape index (κ1) is 19.1. The van der Waals surface area contributed by atoms with E-state index in [9.17, 15) is 4.79 Å². The highest BCUT2D eigenvalue weighted by molar-refractivity contribution is 6.31. The van der Waals surface area contributed by atoms with Gasteiger partial charge in [-0.25, -0.2) is 4.98 Å². The molecule has 5 rings (SSSR count). The van der Waals surface area contributed by atoms with Crippen LogP contribution in [0.1, 0.15) is 0 Å². The summed E-state index contributed by atoms with van der Waals surface area (Å²) in [6.45, 7) is 0. The lowest BCUT2D eigenvalue weighted by Gasteiger charge is -2.13. The van der Waals surface area contributed by atoms with Gasteiger partial charge in [0.1, 0.15) is 16.5 Å². The third kappa shape index (κ3) is 3.37. The number of pyridine rings is 1. The number of rotatable bonds is 4. The minimum atomic E-state index is -0.503. The summed E-state index contributed by atoms with van der Waals surface area (Å²) in [6.07, 6.45) is 1.38. The van der Waals surface area contributed by atoms with E-state index in [1.165, 1.54) is 10.9 Å². The maximum absolute atomic E-state index is 13.3. The van der Waals surface area contributed by atoms with E-state index in [4.69, 9.17) is 26.1 Å². The minimum absolute atomic E-state index is 0.0270. The Morgan fingerprint density at radius 1 is 0.839 bits per heavy atom. The van der Waals surface area contributed by atoms with Crippen LogP contribution in [0.15, 0.2) is 83.8 Å². The van der Waals surface area contributed by atoms with Crippen molar-refractivity contribution < 1.29 is 9.47 Å². The van der Waals surface area contributed by atoms with Gasteiger partial charge in [-0.05, 0) is 35.7 Å². The predicted octanol–water partition coefficient (Wildman–Crippen LogP) is 5.39. The molecule has 0 saturated heterocycles. The van der Waals surface area contributed by atoms with E-state index in [-0.39, 0.29) is 10.8 Å². The zero-order valence-corrected chi connectivity index (χ0v) is 17.2. The van der Waals surface area contributed by atoms with Gasteiger partial charge in [-0.15, -0.1) is 0 Å². The van der Waals surface area contributed by atoms with E-state index in [0.29, 0.717) is 17.3 Å². The molecule has 0 amide bonds. The van der Waals surface area contributed by atoms with E-state index >= 15 is 0 Å². The van der Waals surface area contributed by atoms with Gasteiger partial charge in [0.2, 0.25) is 5.75 Å². The Kier molecular flexibility index (Phi) is 4.76. The quantitative estimate of drug-likeness (QED) is 0.358. The summed E-state index contributed by atoms with van der Waals surface area (Å²) in [5.41, 5.74) is 0.258. The number of halogens is 1. The zero-order chi connectivity index (χ0) is 21.4. The highest BCUT2D eigenvalue weighted by atomic mass is 35.5. The maximum atomic E-state index is 13.3. The molecule has 0 fully saturated rings. The summed E-state index contributed by atoms with van der Waals surface area (Å²) in [6, 6.07) is 22.4. The molecule has 6 nitrogen and oxygen atoms in total. The van der Waals surface area contributed by atoms with Gasteiger partial charge in [0.25, 0.3) is 0 Å². The normalized spacial score (nSPS) is 11.0. The highest BCUT2D eigenvalue weighted by Gasteiger charge is 2.17. The van der Waals surface area contributed by atoms with Crippen molar-refractivity contribution in [1.82, 2.24) is 14.8 Å². The number of ether oxygens (including phenoxy) is 2. The lowest BCUT2D eigenvalue weighted by atomic mass is 10.1. The van der Waals surface area contributed by atoms with Crippen LogP contribution in [0.4, 0.5) is 0 Å². The smallest absolute Gasteiger partial charge is 0.317 e. The Balaban J connectivity index is 1.70. The molecule has 5 aromatic rings. The monoisotopic (exact) mass is 429 g/mol. The van der Waals surface area contributed by atoms with Gasteiger partial charge in [0.05, 0.1) is 18.8 Å². The number of para-hydroxylation sites is 1. The van der Waals surface area contributed by atoms with Crippen LogP contribution in [0, 0.1) is 0 Å². The number of benzene rings is 3. The van der Waals surface area contributed by atoms with Crippen LogP contribution < -0.4 is 15.0 Å².